The normalized spacial score (nSPS) is 11.5. The zero-order valence-corrected chi connectivity index (χ0v) is 14.7. The number of hydrogen-bond acceptors (Lipinski definition) is 5. The topological polar surface area (TPSA) is 101 Å². The molecule has 1 aromatic heterocycles. The van der Waals surface area contributed by atoms with Gasteiger partial charge >= 0.3 is 0 Å². The number of carbonyl (C=O) groups excluding carboxylic acids is 1. The third kappa shape index (κ3) is 4.42. The van der Waals surface area contributed by atoms with Crippen LogP contribution in [0.4, 0.5) is 0 Å². The van der Waals surface area contributed by atoms with Crippen LogP contribution in [-0.2, 0) is 21.4 Å². The van der Waals surface area contributed by atoms with E-state index in [0.29, 0.717) is 12.2 Å². The monoisotopic (exact) mass is 351 g/mol. The minimum absolute atomic E-state index is 0.00595. The zero-order valence-electron chi connectivity index (χ0n) is 13.9. The average molecular weight is 351 g/mol. The maximum absolute atomic E-state index is 12.2. The molecule has 1 heterocycles. The number of nitrogens with one attached hydrogen (secondary N) is 2. The molecular formula is C16H21N3O4S. The van der Waals surface area contributed by atoms with E-state index in [-0.39, 0.29) is 29.5 Å². The van der Waals surface area contributed by atoms with Crippen molar-refractivity contribution >= 4 is 15.9 Å². The van der Waals surface area contributed by atoms with E-state index in [1.54, 1.807) is 6.92 Å². The van der Waals surface area contributed by atoms with Crippen LogP contribution in [0.15, 0.2) is 33.7 Å². The Balaban J connectivity index is 1.83. The van der Waals surface area contributed by atoms with Gasteiger partial charge in [0, 0.05) is 19.5 Å². The highest BCUT2D eigenvalue weighted by molar-refractivity contribution is 7.89. The van der Waals surface area contributed by atoms with Crippen molar-refractivity contribution in [2.45, 2.75) is 38.6 Å². The average Bonchev–Trinajstić information content (AvgIpc) is 2.86. The highest BCUT2D eigenvalue weighted by Crippen LogP contribution is 2.18. The fourth-order valence-corrected chi connectivity index (χ4v) is 3.68. The van der Waals surface area contributed by atoms with E-state index < -0.39 is 10.0 Å². The maximum atomic E-state index is 12.2. The predicted molar refractivity (Wildman–Crippen MR) is 88.8 cm³/mol. The van der Waals surface area contributed by atoms with Crippen LogP contribution in [-0.4, -0.2) is 26.0 Å². The van der Waals surface area contributed by atoms with Crippen LogP contribution in [0.3, 0.4) is 0 Å². The lowest BCUT2D eigenvalue weighted by Gasteiger charge is -2.09. The molecule has 130 valence electrons. The summed E-state index contributed by atoms with van der Waals surface area (Å²) in [4.78, 5) is 11.9. The van der Waals surface area contributed by atoms with E-state index in [2.05, 4.69) is 15.2 Å². The summed E-state index contributed by atoms with van der Waals surface area (Å²) >= 11 is 0. The molecule has 2 N–H and O–H groups in total. The highest BCUT2D eigenvalue weighted by Gasteiger charge is 2.23. The van der Waals surface area contributed by atoms with Crippen molar-refractivity contribution in [2.24, 2.45) is 0 Å². The largest absolute Gasteiger partial charge is 0.360 e. The quantitative estimate of drug-likeness (QED) is 0.789. The van der Waals surface area contributed by atoms with E-state index in [1.165, 1.54) is 6.92 Å². The number of aromatic nitrogens is 1. The molecule has 1 amide bonds. The van der Waals surface area contributed by atoms with Gasteiger partial charge < -0.3 is 9.84 Å². The van der Waals surface area contributed by atoms with Gasteiger partial charge in [0.05, 0.1) is 0 Å². The summed E-state index contributed by atoms with van der Waals surface area (Å²) in [6.07, 6.45) is 0.0501. The van der Waals surface area contributed by atoms with Crippen LogP contribution in [0.5, 0.6) is 0 Å². The predicted octanol–water partition coefficient (Wildman–Crippen LogP) is 1.58. The molecule has 2 rings (SSSR count). The first-order valence-corrected chi connectivity index (χ1v) is 9.03. The summed E-state index contributed by atoms with van der Waals surface area (Å²) in [6.45, 7) is 5.48. The summed E-state index contributed by atoms with van der Waals surface area (Å²) in [7, 11) is -3.73. The summed E-state index contributed by atoms with van der Waals surface area (Å²) in [5.74, 6) is 0.00344. The summed E-state index contributed by atoms with van der Waals surface area (Å²) < 4.78 is 31.6. The number of carbonyl (C=O) groups is 1. The van der Waals surface area contributed by atoms with Crippen LogP contribution in [0.25, 0.3) is 0 Å². The Morgan fingerprint density at radius 1 is 1.21 bits per heavy atom. The van der Waals surface area contributed by atoms with Crippen molar-refractivity contribution in [3.05, 3.63) is 46.8 Å². The Labute approximate surface area is 141 Å². The molecular weight excluding hydrogens is 330 g/mol. The molecule has 0 aliphatic heterocycles. The number of benzene rings is 1. The Hall–Kier alpha value is -2.19. The molecule has 0 saturated heterocycles. The molecule has 8 heteroatoms. The summed E-state index contributed by atoms with van der Waals surface area (Å²) in [6, 6.07) is 7.76. The Morgan fingerprint density at radius 3 is 2.54 bits per heavy atom. The smallest absolute Gasteiger partial charge is 0.245 e. The molecule has 24 heavy (non-hydrogen) atoms. The molecule has 0 atom stereocenters. The third-order valence-electron chi connectivity index (χ3n) is 3.62. The van der Waals surface area contributed by atoms with Gasteiger partial charge in [0.1, 0.15) is 10.6 Å². The minimum atomic E-state index is -3.73. The first kappa shape index (κ1) is 18.2. The third-order valence-corrected chi connectivity index (χ3v) is 5.32. The molecule has 7 nitrogen and oxygen atoms in total. The molecule has 0 bridgehead atoms. The fourth-order valence-electron chi connectivity index (χ4n) is 2.32. The second-order valence-electron chi connectivity index (χ2n) is 5.50. The number of aryl methyl sites for hydroxylation is 3. The molecule has 0 aliphatic rings. The van der Waals surface area contributed by atoms with Gasteiger partial charge in [-0.3, -0.25) is 4.79 Å². The molecule has 0 spiro atoms. The Morgan fingerprint density at radius 2 is 1.92 bits per heavy atom. The van der Waals surface area contributed by atoms with Gasteiger partial charge in [-0.1, -0.05) is 29.4 Å². The van der Waals surface area contributed by atoms with Gasteiger partial charge in [0.15, 0.2) is 5.76 Å². The molecule has 0 fully saturated rings. The standard InChI is InChI=1S/C16H21N3O4S/c1-11-6-4-5-7-14(11)10-17-15(20)8-9-18-24(21,22)16-12(2)19-23-13(16)3/h4-7,18H,8-10H2,1-3H3,(H,17,20). The van der Waals surface area contributed by atoms with E-state index in [1.807, 2.05) is 31.2 Å². The van der Waals surface area contributed by atoms with Crippen molar-refractivity contribution < 1.29 is 17.7 Å². The summed E-state index contributed by atoms with van der Waals surface area (Å²) in [5, 5.41) is 6.40. The minimum Gasteiger partial charge on any atom is -0.360 e. The van der Waals surface area contributed by atoms with E-state index in [4.69, 9.17) is 4.52 Å². The second kappa shape index (κ2) is 7.59. The van der Waals surface area contributed by atoms with E-state index >= 15 is 0 Å². The molecule has 0 radical (unpaired) electrons. The fraction of sp³-hybridized carbons (Fsp3) is 0.375. The van der Waals surface area contributed by atoms with Crippen molar-refractivity contribution in [1.82, 2.24) is 15.2 Å². The van der Waals surface area contributed by atoms with Crippen LogP contribution in [0.2, 0.25) is 0 Å². The number of hydrogen-bond donors (Lipinski definition) is 2. The van der Waals surface area contributed by atoms with Gasteiger partial charge in [-0.25, -0.2) is 13.1 Å². The first-order chi connectivity index (χ1) is 11.3. The lowest BCUT2D eigenvalue weighted by atomic mass is 10.1. The maximum Gasteiger partial charge on any atom is 0.245 e. The highest BCUT2D eigenvalue weighted by atomic mass is 32.2. The molecule has 0 unspecified atom stereocenters. The number of sulfonamides is 1. The van der Waals surface area contributed by atoms with Crippen molar-refractivity contribution in [3.63, 3.8) is 0 Å². The van der Waals surface area contributed by atoms with Gasteiger partial charge in [-0.05, 0) is 31.9 Å². The van der Waals surface area contributed by atoms with Gasteiger partial charge in [-0.15, -0.1) is 0 Å². The van der Waals surface area contributed by atoms with Gasteiger partial charge in [0.25, 0.3) is 0 Å². The van der Waals surface area contributed by atoms with Crippen molar-refractivity contribution in [1.29, 1.82) is 0 Å². The van der Waals surface area contributed by atoms with Crippen molar-refractivity contribution in [2.75, 3.05) is 6.54 Å². The van der Waals surface area contributed by atoms with Crippen LogP contribution in [0.1, 0.15) is 29.0 Å². The lowest BCUT2D eigenvalue weighted by Crippen LogP contribution is -2.31. The molecule has 2 aromatic rings. The summed E-state index contributed by atoms with van der Waals surface area (Å²) in [5.41, 5.74) is 2.42. The van der Waals surface area contributed by atoms with Crippen molar-refractivity contribution in [3.8, 4) is 0 Å². The number of rotatable bonds is 7. The second-order valence-corrected chi connectivity index (χ2v) is 7.21. The molecule has 0 saturated carbocycles. The van der Waals surface area contributed by atoms with Crippen LogP contribution in [0, 0.1) is 20.8 Å². The van der Waals surface area contributed by atoms with E-state index in [9.17, 15) is 13.2 Å². The van der Waals surface area contributed by atoms with E-state index in [0.717, 1.165) is 11.1 Å². The first-order valence-electron chi connectivity index (χ1n) is 7.55. The molecule has 0 aliphatic carbocycles. The van der Waals surface area contributed by atoms with Gasteiger partial charge in [-0.2, -0.15) is 0 Å². The molecule has 1 aromatic carbocycles. The van der Waals surface area contributed by atoms with Crippen LogP contribution >= 0.6 is 0 Å². The lowest BCUT2D eigenvalue weighted by molar-refractivity contribution is -0.121. The Kier molecular flexibility index (Phi) is 5.74. The number of nitrogens with zero attached hydrogens (tertiary/aromatic N) is 1. The number of amides is 1. The van der Waals surface area contributed by atoms with Gasteiger partial charge in [0.2, 0.25) is 15.9 Å². The van der Waals surface area contributed by atoms with Crippen LogP contribution < -0.4 is 10.0 Å². The SMILES string of the molecule is Cc1ccccc1CNC(=O)CCNS(=O)(=O)c1c(C)noc1C. The Bertz CT molecular complexity index is 808. The zero-order chi connectivity index (χ0) is 17.7.